The molecule has 7 unspecified atom stereocenters. The number of aliphatic hydroxyl groups excluding tert-OH is 5. The second-order valence-electron chi connectivity index (χ2n) is 20.8. The molecule has 0 saturated carbocycles. The summed E-state index contributed by atoms with van der Waals surface area (Å²) < 4.78 is 11.2. The first-order valence-corrected chi connectivity index (χ1v) is 29.4. The van der Waals surface area contributed by atoms with Gasteiger partial charge < -0.3 is 40.3 Å². The Balaban J connectivity index is 1.98. The number of hydrogen-bond donors (Lipinski definition) is 6. The average molecular weight is 953 g/mol. The van der Waals surface area contributed by atoms with Crippen LogP contribution < -0.4 is 5.32 Å². The first-order valence-electron chi connectivity index (χ1n) is 29.4. The average Bonchev–Trinajstić information content (AvgIpc) is 3.33. The predicted octanol–water partition coefficient (Wildman–Crippen LogP) is 14.4. The van der Waals surface area contributed by atoms with E-state index in [0.717, 1.165) is 38.5 Å². The number of carbonyl (C=O) groups is 1. The molecule has 0 aromatic heterocycles. The van der Waals surface area contributed by atoms with Gasteiger partial charge in [-0.15, -0.1) is 0 Å². The Kier molecular flexibility index (Phi) is 46.3. The van der Waals surface area contributed by atoms with Gasteiger partial charge in [0.2, 0.25) is 5.91 Å². The zero-order chi connectivity index (χ0) is 48.7. The number of rotatable bonds is 51. The second kappa shape index (κ2) is 48.6. The Bertz CT molecular complexity index is 1060. The van der Waals surface area contributed by atoms with Gasteiger partial charge in [0, 0.05) is 6.42 Å². The van der Waals surface area contributed by atoms with Crippen molar-refractivity contribution in [2.45, 2.75) is 339 Å². The number of nitrogens with one attached hydrogen (secondary N) is 1. The van der Waals surface area contributed by atoms with Crippen LogP contribution in [0, 0.1) is 0 Å². The lowest BCUT2D eigenvalue weighted by atomic mass is 9.99. The van der Waals surface area contributed by atoms with E-state index in [2.05, 4.69) is 19.2 Å². The number of hydrogen-bond acceptors (Lipinski definition) is 8. The van der Waals surface area contributed by atoms with Crippen molar-refractivity contribution in [3.05, 3.63) is 12.2 Å². The summed E-state index contributed by atoms with van der Waals surface area (Å²) in [5.74, 6) is -0.174. The summed E-state index contributed by atoms with van der Waals surface area (Å²) in [5, 5.41) is 54.1. The molecule has 0 aliphatic carbocycles. The Morgan fingerprint density at radius 2 is 0.821 bits per heavy atom. The molecule has 6 N–H and O–H groups in total. The molecule has 0 aromatic rings. The molecular weight excluding hydrogens is 839 g/mol. The molecule has 1 amide bonds. The van der Waals surface area contributed by atoms with Crippen LogP contribution in [0.5, 0.6) is 0 Å². The van der Waals surface area contributed by atoms with Gasteiger partial charge in [-0.3, -0.25) is 4.79 Å². The monoisotopic (exact) mass is 952 g/mol. The van der Waals surface area contributed by atoms with Gasteiger partial charge in [0.25, 0.3) is 0 Å². The standard InChI is InChI=1S/C58H113NO8/c1-3-5-7-9-11-13-14-15-16-17-18-19-20-21-22-23-24-25-26-27-28-29-30-31-32-33-34-35-36-37-38-39-40-42-44-46-48-54(62)59-51(52(61)47-45-43-41-12-10-8-6-4-2)50-66-58-57(65)56(64)55(63)53(49-60)67-58/h45,47,51-53,55-58,60-61,63-65H,3-44,46,48-50H2,1-2H3,(H,59,62)/b47-45+. The highest BCUT2D eigenvalue weighted by Gasteiger charge is 2.44. The minimum atomic E-state index is -1.56. The molecule has 9 heteroatoms. The van der Waals surface area contributed by atoms with Gasteiger partial charge in [0.15, 0.2) is 6.29 Å². The van der Waals surface area contributed by atoms with Crippen LogP contribution in [-0.2, 0) is 14.3 Å². The molecule has 0 spiro atoms. The molecule has 1 rings (SSSR count). The predicted molar refractivity (Wildman–Crippen MR) is 281 cm³/mol. The number of aliphatic hydroxyl groups is 5. The van der Waals surface area contributed by atoms with Gasteiger partial charge >= 0.3 is 0 Å². The molecule has 1 aliphatic rings. The summed E-state index contributed by atoms with van der Waals surface area (Å²) in [4.78, 5) is 13.0. The SMILES string of the molecule is CCCCCCCC/C=C/C(O)C(COC1OC(CO)C(O)C(O)C1O)NC(=O)CCCCCCCCCCCCCCCCCCCCCCCCCCCCCCCCCCCCCC. The number of carbonyl (C=O) groups excluding carboxylic acids is 1. The molecular formula is C58H113NO8. The zero-order valence-corrected chi connectivity index (χ0v) is 44.2. The number of allylic oxidation sites excluding steroid dienone is 1. The lowest BCUT2D eigenvalue weighted by Crippen LogP contribution is -2.60. The van der Waals surface area contributed by atoms with Crippen molar-refractivity contribution in [3.8, 4) is 0 Å². The van der Waals surface area contributed by atoms with Gasteiger partial charge in [-0.05, 0) is 19.3 Å². The van der Waals surface area contributed by atoms with Crippen LogP contribution in [0.1, 0.15) is 296 Å². The second-order valence-corrected chi connectivity index (χ2v) is 20.8. The van der Waals surface area contributed by atoms with Gasteiger partial charge in [-0.25, -0.2) is 0 Å². The molecule has 0 radical (unpaired) electrons. The third-order valence-corrected chi connectivity index (χ3v) is 14.4. The van der Waals surface area contributed by atoms with E-state index < -0.39 is 49.5 Å². The molecule has 0 aromatic carbocycles. The molecule has 1 fully saturated rings. The topological polar surface area (TPSA) is 149 Å². The zero-order valence-electron chi connectivity index (χ0n) is 44.2. The van der Waals surface area contributed by atoms with E-state index in [-0.39, 0.29) is 12.5 Å². The van der Waals surface area contributed by atoms with E-state index in [9.17, 15) is 30.3 Å². The quantitative estimate of drug-likeness (QED) is 0.0261. The Hall–Kier alpha value is -1.07. The van der Waals surface area contributed by atoms with Crippen LogP contribution >= 0.6 is 0 Å². The van der Waals surface area contributed by atoms with E-state index in [0.29, 0.717) is 6.42 Å². The molecule has 0 bridgehead atoms. The van der Waals surface area contributed by atoms with Crippen LogP contribution in [0.3, 0.4) is 0 Å². The highest BCUT2D eigenvalue weighted by Crippen LogP contribution is 2.23. The Morgan fingerprint density at radius 3 is 1.16 bits per heavy atom. The maximum Gasteiger partial charge on any atom is 0.220 e. The minimum absolute atomic E-state index is 0.174. The molecule has 7 atom stereocenters. The van der Waals surface area contributed by atoms with Crippen molar-refractivity contribution >= 4 is 5.91 Å². The van der Waals surface area contributed by atoms with Gasteiger partial charge in [0.1, 0.15) is 24.4 Å². The summed E-state index contributed by atoms with van der Waals surface area (Å²) >= 11 is 0. The fourth-order valence-corrected chi connectivity index (χ4v) is 9.69. The molecule has 1 saturated heterocycles. The van der Waals surface area contributed by atoms with Crippen molar-refractivity contribution in [1.29, 1.82) is 0 Å². The van der Waals surface area contributed by atoms with Crippen LogP contribution in [0.25, 0.3) is 0 Å². The minimum Gasteiger partial charge on any atom is -0.394 e. The highest BCUT2D eigenvalue weighted by molar-refractivity contribution is 5.76. The van der Waals surface area contributed by atoms with Gasteiger partial charge in [-0.2, -0.15) is 0 Å². The summed E-state index contributed by atoms with van der Waals surface area (Å²) in [6.45, 7) is 3.76. The lowest BCUT2D eigenvalue weighted by Gasteiger charge is -2.40. The van der Waals surface area contributed by atoms with Crippen molar-refractivity contribution in [2.24, 2.45) is 0 Å². The van der Waals surface area contributed by atoms with Crippen LogP contribution in [0.15, 0.2) is 12.2 Å². The fraction of sp³-hybridized carbons (Fsp3) is 0.948. The van der Waals surface area contributed by atoms with E-state index in [1.807, 2.05) is 6.08 Å². The third-order valence-electron chi connectivity index (χ3n) is 14.4. The van der Waals surface area contributed by atoms with Crippen LogP contribution in [0.2, 0.25) is 0 Å². The first-order chi connectivity index (χ1) is 32.8. The highest BCUT2D eigenvalue weighted by atomic mass is 16.7. The molecule has 1 heterocycles. The Morgan fingerprint density at radius 1 is 0.493 bits per heavy atom. The third kappa shape index (κ3) is 38.3. The maximum atomic E-state index is 13.0. The van der Waals surface area contributed by atoms with Crippen LogP contribution in [0.4, 0.5) is 0 Å². The van der Waals surface area contributed by atoms with Crippen molar-refractivity contribution < 1.29 is 39.8 Å². The number of unbranched alkanes of at least 4 members (excludes halogenated alkanes) is 41. The van der Waals surface area contributed by atoms with E-state index in [1.165, 1.54) is 238 Å². The maximum absolute atomic E-state index is 13.0. The molecule has 398 valence electrons. The van der Waals surface area contributed by atoms with Crippen molar-refractivity contribution in [1.82, 2.24) is 5.32 Å². The van der Waals surface area contributed by atoms with Crippen molar-refractivity contribution in [2.75, 3.05) is 13.2 Å². The van der Waals surface area contributed by atoms with E-state index >= 15 is 0 Å². The summed E-state index contributed by atoms with van der Waals surface area (Å²) in [7, 11) is 0. The largest absolute Gasteiger partial charge is 0.394 e. The first kappa shape index (κ1) is 63.9. The fourth-order valence-electron chi connectivity index (χ4n) is 9.69. The lowest BCUT2D eigenvalue weighted by molar-refractivity contribution is -0.302. The molecule has 67 heavy (non-hydrogen) atoms. The smallest absolute Gasteiger partial charge is 0.220 e. The van der Waals surface area contributed by atoms with Crippen LogP contribution in [-0.4, -0.2) is 87.5 Å². The number of amides is 1. The summed E-state index contributed by atoms with van der Waals surface area (Å²) in [6.07, 6.45) is 53.4. The van der Waals surface area contributed by atoms with Crippen molar-refractivity contribution in [3.63, 3.8) is 0 Å². The molecule has 1 aliphatic heterocycles. The molecule has 9 nitrogen and oxygen atoms in total. The van der Waals surface area contributed by atoms with E-state index in [4.69, 9.17) is 9.47 Å². The van der Waals surface area contributed by atoms with Gasteiger partial charge in [0.05, 0.1) is 25.4 Å². The van der Waals surface area contributed by atoms with E-state index in [1.54, 1.807) is 6.08 Å². The van der Waals surface area contributed by atoms with Gasteiger partial charge in [-0.1, -0.05) is 283 Å². The Labute approximate surface area is 414 Å². The normalized spacial score (nSPS) is 19.7. The number of ether oxygens (including phenoxy) is 2. The summed E-state index contributed by atoms with van der Waals surface area (Å²) in [5.41, 5.74) is 0. The summed E-state index contributed by atoms with van der Waals surface area (Å²) in [6, 6.07) is -0.798.